The number of hydrogen-bond donors (Lipinski definition) is 1. The normalized spacial score (nSPS) is 14.4. The zero-order valence-electron chi connectivity index (χ0n) is 17.0. The maximum absolute atomic E-state index is 12.4. The van der Waals surface area contributed by atoms with Gasteiger partial charge in [0.05, 0.1) is 12.0 Å². The molecule has 28 heavy (non-hydrogen) atoms. The summed E-state index contributed by atoms with van der Waals surface area (Å²) in [6, 6.07) is 2.39. The van der Waals surface area contributed by atoms with Gasteiger partial charge in [-0.3, -0.25) is 4.79 Å². The van der Waals surface area contributed by atoms with Crippen LogP contribution in [0.15, 0.2) is 21.3 Å². The van der Waals surface area contributed by atoms with Crippen LogP contribution >= 0.6 is 0 Å². The van der Waals surface area contributed by atoms with E-state index in [2.05, 4.69) is 5.32 Å². The highest BCUT2D eigenvalue weighted by molar-refractivity contribution is 5.87. The molecule has 0 unspecified atom stereocenters. The Kier molecular flexibility index (Phi) is 6.48. The number of aryl methyl sites for hydroxylation is 2. The van der Waals surface area contributed by atoms with Crippen LogP contribution < -0.4 is 20.8 Å². The van der Waals surface area contributed by atoms with Gasteiger partial charge in [-0.25, -0.2) is 4.79 Å². The number of nitrogens with one attached hydrogen (secondary N) is 1. The van der Waals surface area contributed by atoms with E-state index in [1.807, 2.05) is 13.8 Å². The lowest BCUT2D eigenvalue weighted by Crippen LogP contribution is -2.54. The van der Waals surface area contributed by atoms with Gasteiger partial charge >= 0.3 is 5.63 Å². The Morgan fingerprint density at radius 2 is 1.79 bits per heavy atom. The monoisotopic (exact) mass is 388 g/mol. The first-order chi connectivity index (χ1) is 13.1. The number of fused-ring (bicyclic) bond motifs is 1. The van der Waals surface area contributed by atoms with Crippen molar-refractivity contribution in [3.8, 4) is 5.75 Å². The van der Waals surface area contributed by atoms with Gasteiger partial charge in [0.2, 0.25) is 0 Å². The highest BCUT2D eigenvalue weighted by Gasteiger charge is 2.24. The van der Waals surface area contributed by atoms with E-state index in [0.29, 0.717) is 28.9 Å². The number of aliphatic carboxylic acids is 1. The summed E-state index contributed by atoms with van der Waals surface area (Å²) >= 11 is 0. The average Bonchev–Trinajstić information content (AvgIpc) is 2.65. The molecule has 0 aliphatic rings. The average molecular weight is 388 g/mol. The van der Waals surface area contributed by atoms with Crippen molar-refractivity contribution in [2.75, 3.05) is 0 Å². The minimum Gasteiger partial charge on any atom is -0.548 e. The fourth-order valence-electron chi connectivity index (χ4n) is 2.94. The van der Waals surface area contributed by atoms with Gasteiger partial charge in [-0.15, -0.1) is 0 Å². The molecule has 7 heteroatoms. The van der Waals surface area contributed by atoms with Crippen LogP contribution in [-0.2, 0) is 9.59 Å². The van der Waals surface area contributed by atoms with Gasteiger partial charge in [0.25, 0.3) is 5.91 Å². The Balaban J connectivity index is 2.27. The Hall–Kier alpha value is -2.83. The van der Waals surface area contributed by atoms with E-state index in [1.165, 1.54) is 6.92 Å². The summed E-state index contributed by atoms with van der Waals surface area (Å²) < 4.78 is 11.1. The van der Waals surface area contributed by atoms with Gasteiger partial charge in [0.1, 0.15) is 11.3 Å². The van der Waals surface area contributed by atoms with Crippen molar-refractivity contribution >= 4 is 22.8 Å². The molecule has 0 bridgehead atoms. The molecule has 0 aliphatic heterocycles. The summed E-state index contributed by atoms with van der Waals surface area (Å²) in [5, 5.41) is 14.6. The molecule has 1 amide bonds. The first-order valence-corrected chi connectivity index (χ1v) is 9.29. The number of rotatable bonds is 7. The molecule has 2 rings (SSSR count). The van der Waals surface area contributed by atoms with E-state index in [1.54, 1.807) is 32.9 Å². The Labute approximate surface area is 163 Å². The van der Waals surface area contributed by atoms with Crippen LogP contribution in [0.4, 0.5) is 0 Å². The first kappa shape index (κ1) is 21.5. The summed E-state index contributed by atoms with van der Waals surface area (Å²) in [7, 11) is 0. The Morgan fingerprint density at radius 1 is 1.14 bits per heavy atom. The second-order valence-corrected chi connectivity index (χ2v) is 7.16. The third kappa shape index (κ3) is 4.18. The van der Waals surface area contributed by atoms with Crippen LogP contribution in [-0.4, -0.2) is 24.0 Å². The number of carboxylic acid groups (broad SMARTS) is 1. The largest absolute Gasteiger partial charge is 0.548 e. The highest BCUT2D eigenvalue weighted by atomic mass is 16.5. The number of carbonyl (C=O) groups excluding carboxylic acids is 2. The molecule has 1 N–H and O–H groups in total. The third-order valence-corrected chi connectivity index (χ3v) is 5.26. The number of benzene rings is 1. The molecule has 1 aromatic carbocycles. The third-order valence-electron chi connectivity index (χ3n) is 5.26. The lowest BCUT2D eigenvalue weighted by atomic mass is 9.99. The second kappa shape index (κ2) is 8.46. The van der Waals surface area contributed by atoms with Crippen molar-refractivity contribution in [1.82, 2.24) is 5.32 Å². The fourth-order valence-corrected chi connectivity index (χ4v) is 2.94. The number of hydrogen-bond acceptors (Lipinski definition) is 6. The summed E-state index contributed by atoms with van der Waals surface area (Å²) in [4.78, 5) is 35.7. The van der Waals surface area contributed by atoms with Gasteiger partial charge in [-0.2, -0.15) is 0 Å². The van der Waals surface area contributed by atoms with Crippen molar-refractivity contribution in [2.24, 2.45) is 5.92 Å². The summed E-state index contributed by atoms with van der Waals surface area (Å²) in [5.41, 5.74) is 1.96. The Morgan fingerprint density at radius 3 is 2.36 bits per heavy atom. The van der Waals surface area contributed by atoms with Gasteiger partial charge < -0.3 is 24.4 Å². The van der Waals surface area contributed by atoms with Gasteiger partial charge in [0, 0.05) is 16.5 Å². The number of carboxylic acids is 1. The smallest absolute Gasteiger partial charge is 0.339 e. The van der Waals surface area contributed by atoms with Crippen LogP contribution in [0.3, 0.4) is 0 Å². The molecule has 7 nitrogen and oxygen atoms in total. The van der Waals surface area contributed by atoms with Gasteiger partial charge in [-0.05, 0) is 51.3 Å². The zero-order valence-corrected chi connectivity index (χ0v) is 17.0. The molecule has 0 saturated carbocycles. The maximum atomic E-state index is 12.4. The van der Waals surface area contributed by atoms with Gasteiger partial charge in [0.15, 0.2) is 6.10 Å². The second-order valence-electron chi connectivity index (χ2n) is 7.16. The molecular formula is C21H26NO6-. The molecule has 3 atom stereocenters. The predicted molar refractivity (Wildman–Crippen MR) is 103 cm³/mol. The highest BCUT2D eigenvalue weighted by Crippen LogP contribution is 2.29. The number of ether oxygens (including phenoxy) is 1. The van der Waals surface area contributed by atoms with Crippen LogP contribution in [0.25, 0.3) is 11.0 Å². The number of carbonyl (C=O) groups is 2. The lowest BCUT2D eigenvalue weighted by molar-refractivity contribution is -0.309. The first-order valence-electron chi connectivity index (χ1n) is 9.29. The standard InChI is InChI=1S/C21H27NO6/c1-7-10(2)17(20(24)25)22-19(23)14(6)27-16-9-8-15-11(3)12(4)21(26)28-18(15)13(16)5/h8-10,14,17H,7H2,1-6H3,(H,22,23)(H,24,25)/p-1/t10-,14+,17-/m0/s1. The van der Waals surface area contributed by atoms with Crippen molar-refractivity contribution in [2.45, 2.75) is 60.1 Å². The van der Waals surface area contributed by atoms with E-state index in [4.69, 9.17) is 9.15 Å². The molecule has 152 valence electrons. The fraction of sp³-hybridized carbons (Fsp3) is 0.476. The van der Waals surface area contributed by atoms with Crippen molar-refractivity contribution in [1.29, 1.82) is 0 Å². The SMILES string of the molecule is CC[C@H](C)[C@H](NC(=O)[C@@H](C)Oc1ccc2c(C)c(C)c(=O)oc2c1C)C(=O)[O-]. The maximum Gasteiger partial charge on any atom is 0.339 e. The Bertz CT molecular complexity index is 962. The van der Waals surface area contributed by atoms with Crippen molar-refractivity contribution < 1.29 is 23.8 Å². The van der Waals surface area contributed by atoms with E-state index < -0.39 is 29.6 Å². The quantitative estimate of drug-likeness (QED) is 0.724. The van der Waals surface area contributed by atoms with Crippen LogP contribution in [0, 0.1) is 26.7 Å². The van der Waals surface area contributed by atoms with E-state index in [-0.39, 0.29) is 5.92 Å². The van der Waals surface area contributed by atoms with E-state index >= 15 is 0 Å². The molecular weight excluding hydrogens is 362 g/mol. The van der Waals surface area contributed by atoms with Crippen LogP contribution in [0.2, 0.25) is 0 Å². The van der Waals surface area contributed by atoms with E-state index in [9.17, 15) is 19.5 Å². The molecule has 1 aromatic heterocycles. The molecule has 0 spiro atoms. The van der Waals surface area contributed by atoms with E-state index in [0.717, 1.165) is 10.9 Å². The van der Waals surface area contributed by atoms with Crippen LogP contribution in [0.5, 0.6) is 5.75 Å². The molecule has 1 heterocycles. The molecule has 0 saturated heterocycles. The molecule has 0 fully saturated rings. The molecule has 0 aliphatic carbocycles. The summed E-state index contributed by atoms with van der Waals surface area (Å²) in [5.74, 6) is -1.78. The summed E-state index contributed by atoms with van der Waals surface area (Å²) in [6.45, 7) is 10.4. The van der Waals surface area contributed by atoms with Crippen molar-refractivity contribution in [3.63, 3.8) is 0 Å². The van der Waals surface area contributed by atoms with Crippen molar-refractivity contribution in [3.05, 3.63) is 39.2 Å². The van der Waals surface area contributed by atoms with Gasteiger partial charge in [-0.1, -0.05) is 20.3 Å². The number of amides is 1. The molecule has 0 radical (unpaired) electrons. The summed E-state index contributed by atoms with van der Waals surface area (Å²) in [6.07, 6.45) is -0.365. The topological polar surface area (TPSA) is 109 Å². The van der Waals surface area contributed by atoms with Crippen LogP contribution in [0.1, 0.15) is 43.9 Å². The molecule has 2 aromatic rings. The zero-order chi connectivity index (χ0) is 21.2. The lowest BCUT2D eigenvalue weighted by Gasteiger charge is -2.27. The minimum atomic E-state index is -1.33. The minimum absolute atomic E-state index is 0.274. The predicted octanol–water partition coefficient (Wildman–Crippen LogP) is 1.77.